The topological polar surface area (TPSA) is 55.8 Å². The van der Waals surface area contributed by atoms with Crippen LogP contribution in [0.4, 0.5) is 0 Å². The summed E-state index contributed by atoms with van der Waals surface area (Å²) in [4.78, 5) is 12.2. The number of ether oxygens (including phenoxy) is 2. The van der Waals surface area contributed by atoms with Crippen LogP contribution >= 0.6 is 46.4 Å². The van der Waals surface area contributed by atoms with Crippen LogP contribution in [0, 0.1) is 0 Å². The van der Waals surface area contributed by atoms with Crippen LogP contribution in [0.3, 0.4) is 0 Å². The fourth-order valence-electron chi connectivity index (χ4n) is 2.58. The minimum absolute atomic E-state index is 0.100. The number of halogens is 4. The summed E-state index contributed by atoms with van der Waals surface area (Å²) in [5.74, 6) is -0.258. The number of carbonyl (C=O) groups is 1. The van der Waals surface area contributed by atoms with E-state index in [1.54, 1.807) is 60.7 Å². The van der Waals surface area contributed by atoms with E-state index in [1.807, 2.05) is 0 Å². The van der Waals surface area contributed by atoms with Crippen molar-refractivity contribution in [1.29, 1.82) is 0 Å². The monoisotopic (exact) mass is 484 g/mol. The molecule has 1 unspecified atom stereocenters. The molecule has 8 heteroatoms. The molecule has 0 aliphatic carbocycles. The Morgan fingerprint density at radius 3 is 1.90 bits per heavy atom. The summed E-state index contributed by atoms with van der Waals surface area (Å²) in [6.45, 7) is 0.126. The first kappa shape index (κ1) is 22.7. The minimum Gasteiger partial charge on any atom is -0.489 e. The fourth-order valence-corrected chi connectivity index (χ4v) is 3.31. The van der Waals surface area contributed by atoms with Crippen LogP contribution < -0.4 is 4.74 Å². The van der Waals surface area contributed by atoms with Crippen molar-refractivity contribution in [2.45, 2.75) is 19.3 Å². The third-order valence-corrected chi connectivity index (χ3v) is 5.41. The molecule has 0 aromatic heterocycles. The number of esters is 1. The zero-order chi connectivity index (χ0) is 21.7. The summed E-state index contributed by atoms with van der Waals surface area (Å²) in [5, 5.41) is 12.3. The van der Waals surface area contributed by atoms with Gasteiger partial charge in [0.2, 0.25) is 0 Å². The third kappa shape index (κ3) is 6.03. The highest BCUT2D eigenvalue weighted by Gasteiger charge is 2.19. The largest absolute Gasteiger partial charge is 0.489 e. The van der Waals surface area contributed by atoms with E-state index in [-0.39, 0.29) is 13.2 Å². The van der Waals surface area contributed by atoms with Crippen LogP contribution in [0.5, 0.6) is 5.75 Å². The smallest absolute Gasteiger partial charge is 0.339 e. The quantitative estimate of drug-likeness (QED) is 0.380. The Hall–Kier alpha value is -1.95. The third-order valence-electron chi connectivity index (χ3n) is 4.20. The molecular formula is C22H16Cl4O4. The van der Waals surface area contributed by atoms with E-state index in [2.05, 4.69) is 0 Å². The number of carbonyl (C=O) groups excluding carboxylic acids is 1. The van der Waals surface area contributed by atoms with Crippen molar-refractivity contribution >= 4 is 52.4 Å². The average molecular weight is 486 g/mol. The van der Waals surface area contributed by atoms with Crippen LogP contribution in [-0.2, 0) is 22.7 Å². The van der Waals surface area contributed by atoms with Gasteiger partial charge >= 0.3 is 5.97 Å². The number of aliphatic hydroxyl groups is 1. The first-order valence-corrected chi connectivity index (χ1v) is 10.3. The molecule has 0 spiro atoms. The highest BCUT2D eigenvalue weighted by Crippen LogP contribution is 2.25. The highest BCUT2D eigenvalue weighted by atomic mass is 35.5. The van der Waals surface area contributed by atoms with Crippen molar-refractivity contribution in [3.63, 3.8) is 0 Å². The first-order valence-electron chi connectivity index (χ1n) is 8.79. The van der Waals surface area contributed by atoms with Gasteiger partial charge in [-0.2, -0.15) is 0 Å². The summed E-state index contributed by atoms with van der Waals surface area (Å²) in [6.07, 6.45) is -1.45. The Kier molecular flexibility index (Phi) is 7.87. The molecule has 3 aromatic carbocycles. The SMILES string of the molecule is O=C(OCc1cc(Cl)ccc1Cl)C(O)c1ccc(OCc2cc(Cl)ccc2Cl)cc1. The summed E-state index contributed by atoms with van der Waals surface area (Å²) < 4.78 is 10.8. The molecular weight excluding hydrogens is 470 g/mol. The summed E-state index contributed by atoms with van der Waals surface area (Å²) in [6, 6.07) is 16.4. The molecule has 3 aromatic rings. The molecule has 30 heavy (non-hydrogen) atoms. The van der Waals surface area contributed by atoms with Gasteiger partial charge in [0.25, 0.3) is 0 Å². The molecule has 1 atom stereocenters. The van der Waals surface area contributed by atoms with Crippen molar-refractivity contribution in [2.24, 2.45) is 0 Å². The second kappa shape index (κ2) is 10.4. The van der Waals surface area contributed by atoms with E-state index in [9.17, 15) is 9.90 Å². The van der Waals surface area contributed by atoms with Crippen LogP contribution in [0.15, 0.2) is 60.7 Å². The summed E-state index contributed by atoms with van der Waals surface area (Å²) >= 11 is 24.0. The van der Waals surface area contributed by atoms with Gasteiger partial charge in [-0.3, -0.25) is 0 Å². The van der Waals surface area contributed by atoms with Gasteiger partial charge < -0.3 is 14.6 Å². The zero-order valence-electron chi connectivity index (χ0n) is 15.4. The number of hydrogen-bond donors (Lipinski definition) is 1. The van der Waals surface area contributed by atoms with Gasteiger partial charge in [0.15, 0.2) is 6.10 Å². The Labute approximate surface area is 193 Å². The Morgan fingerprint density at radius 1 is 0.800 bits per heavy atom. The molecule has 0 heterocycles. The normalized spacial score (nSPS) is 11.8. The van der Waals surface area contributed by atoms with Crippen molar-refractivity contribution in [3.05, 3.63) is 97.4 Å². The maximum atomic E-state index is 12.2. The van der Waals surface area contributed by atoms with E-state index >= 15 is 0 Å². The molecule has 4 nitrogen and oxygen atoms in total. The van der Waals surface area contributed by atoms with Crippen molar-refractivity contribution in [3.8, 4) is 5.75 Å². The lowest BCUT2D eigenvalue weighted by Crippen LogP contribution is -2.15. The number of aliphatic hydroxyl groups excluding tert-OH is 1. The predicted molar refractivity (Wildman–Crippen MR) is 118 cm³/mol. The molecule has 0 fully saturated rings. The molecule has 3 rings (SSSR count). The van der Waals surface area contributed by atoms with Crippen LogP contribution in [0.2, 0.25) is 20.1 Å². The van der Waals surface area contributed by atoms with Crippen LogP contribution in [0.25, 0.3) is 0 Å². The molecule has 0 aliphatic rings. The standard InChI is InChI=1S/C22H16Cl4O4/c23-16-3-7-19(25)14(9-16)11-29-18-5-1-13(2-6-18)21(27)22(28)30-12-15-10-17(24)4-8-20(15)26/h1-10,21,27H,11-12H2. The first-order chi connectivity index (χ1) is 14.3. The van der Waals surface area contributed by atoms with Gasteiger partial charge in [0.05, 0.1) is 0 Å². The van der Waals surface area contributed by atoms with Gasteiger partial charge in [-0.15, -0.1) is 0 Å². The maximum Gasteiger partial charge on any atom is 0.339 e. The number of benzene rings is 3. The molecule has 0 bridgehead atoms. The highest BCUT2D eigenvalue weighted by molar-refractivity contribution is 6.34. The molecule has 1 N–H and O–H groups in total. The fraction of sp³-hybridized carbons (Fsp3) is 0.136. The van der Waals surface area contributed by atoms with Gasteiger partial charge in [-0.25, -0.2) is 4.79 Å². The van der Waals surface area contributed by atoms with Gasteiger partial charge in [0.1, 0.15) is 19.0 Å². The van der Waals surface area contributed by atoms with Gasteiger partial charge in [-0.05, 0) is 54.1 Å². The van der Waals surface area contributed by atoms with E-state index in [0.717, 1.165) is 5.56 Å². The van der Waals surface area contributed by atoms with Crippen LogP contribution in [0.1, 0.15) is 22.8 Å². The van der Waals surface area contributed by atoms with Crippen molar-refractivity contribution in [2.75, 3.05) is 0 Å². The number of hydrogen-bond acceptors (Lipinski definition) is 4. The lowest BCUT2D eigenvalue weighted by atomic mass is 10.1. The zero-order valence-corrected chi connectivity index (χ0v) is 18.5. The molecule has 0 amide bonds. The van der Waals surface area contributed by atoms with Crippen molar-refractivity contribution in [1.82, 2.24) is 0 Å². The van der Waals surface area contributed by atoms with E-state index < -0.39 is 12.1 Å². The summed E-state index contributed by atoms with van der Waals surface area (Å²) in [7, 11) is 0. The Morgan fingerprint density at radius 2 is 1.33 bits per heavy atom. The molecule has 0 radical (unpaired) electrons. The lowest BCUT2D eigenvalue weighted by Gasteiger charge is -2.13. The predicted octanol–water partition coefficient (Wildman–Crippen LogP) is 6.66. The van der Waals surface area contributed by atoms with Gasteiger partial charge in [0, 0.05) is 31.2 Å². The number of rotatable bonds is 7. The Balaban J connectivity index is 1.57. The molecule has 0 aliphatic heterocycles. The maximum absolute atomic E-state index is 12.2. The lowest BCUT2D eigenvalue weighted by molar-refractivity contribution is -0.155. The van der Waals surface area contributed by atoms with E-state index in [0.29, 0.717) is 37.0 Å². The van der Waals surface area contributed by atoms with Crippen LogP contribution in [-0.4, -0.2) is 11.1 Å². The van der Waals surface area contributed by atoms with E-state index in [1.165, 1.54) is 0 Å². The van der Waals surface area contributed by atoms with Gasteiger partial charge in [-0.1, -0.05) is 58.5 Å². The average Bonchev–Trinajstić information content (AvgIpc) is 2.74. The molecule has 0 saturated heterocycles. The van der Waals surface area contributed by atoms with E-state index in [4.69, 9.17) is 55.9 Å². The second-order valence-corrected chi connectivity index (χ2v) is 8.03. The summed E-state index contributed by atoms with van der Waals surface area (Å²) in [5.41, 5.74) is 1.66. The second-order valence-electron chi connectivity index (χ2n) is 6.34. The molecule has 156 valence electrons. The molecule has 0 saturated carbocycles. The minimum atomic E-state index is -1.45. The Bertz CT molecular complexity index is 1040. The van der Waals surface area contributed by atoms with Crippen molar-refractivity contribution < 1.29 is 19.4 Å².